The van der Waals surface area contributed by atoms with Crippen molar-refractivity contribution in [2.75, 3.05) is 13.2 Å². The third-order valence-electron chi connectivity index (χ3n) is 4.96. The van der Waals surface area contributed by atoms with Crippen LogP contribution >= 0.6 is 0 Å². The number of pyridine rings is 1. The number of hydrogen-bond acceptors (Lipinski definition) is 4. The average Bonchev–Trinajstić information content (AvgIpc) is 3.24. The quantitative estimate of drug-likeness (QED) is 0.706. The number of benzene rings is 2. The average molecular weight is 376 g/mol. The Balaban J connectivity index is 1.54. The zero-order valence-corrected chi connectivity index (χ0v) is 16.0. The van der Waals surface area contributed by atoms with Crippen LogP contribution in [0.1, 0.15) is 34.3 Å². The number of amides is 1. The number of nitrogens with zero attached hydrogens (tertiary/aromatic N) is 1. The van der Waals surface area contributed by atoms with Crippen LogP contribution in [-0.4, -0.2) is 30.1 Å². The largest absolute Gasteiger partial charge is 0.473 e. The maximum absolute atomic E-state index is 12.8. The number of aryl methyl sites for hydroxylation is 1. The lowest BCUT2D eigenvalue weighted by Gasteiger charge is -2.13. The summed E-state index contributed by atoms with van der Waals surface area (Å²) in [6, 6.07) is 17.5. The van der Waals surface area contributed by atoms with Crippen molar-refractivity contribution >= 4 is 16.8 Å². The summed E-state index contributed by atoms with van der Waals surface area (Å²) in [6.45, 7) is 3.75. The van der Waals surface area contributed by atoms with Crippen LogP contribution in [-0.2, 0) is 11.3 Å². The molecule has 1 aliphatic rings. The second-order valence-electron chi connectivity index (χ2n) is 7.14. The molecule has 1 N–H and O–H groups in total. The number of carbonyl (C=O) groups excluding carboxylic acids is 1. The van der Waals surface area contributed by atoms with Gasteiger partial charge in [0, 0.05) is 24.6 Å². The molecule has 144 valence electrons. The van der Waals surface area contributed by atoms with Gasteiger partial charge in [-0.1, -0.05) is 48.0 Å². The molecule has 0 unspecified atom stereocenters. The van der Waals surface area contributed by atoms with E-state index in [1.165, 1.54) is 5.56 Å². The lowest BCUT2D eigenvalue weighted by molar-refractivity contribution is 0.0858. The van der Waals surface area contributed by atoms with Crippen molar-refractivity contribution in [2.24, 2.45) is 0 Å². The molecule has 5 nitrogen and oxygen atoms in total. The Kier molecular flexibility index (Phi) is 5.53. The number of aromatic nitrogens is 1. The van der Waals surface area contributed by atoms with E-state index in [2.05, 4.69) is 29.4 Å². The van der Waals surface area contributed by atoms with E-state index in [9.17, 15) is 4.79 Å². The first-order valence-corrected chi connectivity index (χ1v) is 9.67. The summed E-state index contributed by atoms with van der Waals surface area (Å²) < 4.78 is 11.5. The van der Waals surface area contributed by atoms with E-state index in [0.717, 1.165) is 35.9 Å². The molecule has 0 aliphatic carbocycles. The van der Waals surface area contributed by atoms with Gasteiger partial charge in [-0.05, 0) is 31.4 Å². The normalized spacial score (nSPS) is 16.2. The fraction of sp³-hybridized carbons (Fsp3) is 0.304. The molecular formula is C23H24N2O3. The zero-order valence-electron chi connectivity index (χ0n) is 16.0. The van der Waals surface area contributed by atoms with Crippen molar-refractivity contribution in [3.05, 3.63) is 71.3 Å². The van der Waals surface area contributed by atoms with Crippen LogP contribution in [0.4, 0.5) is 0 Å². The topological polar surface area (TPSA) is 60.5 Å². The maximum atomic E-state index is 12.8. The van der Waals surface area contributed by atoms with Crippen LogP contribution in [0.3, 0.4) is 0 Å². The number of hydrogen-bond donors (Lipinski definition) is 1. The fourth-order valence-electron chi connectivity index (χ4n) is 3.36. The summed E-state index contributed by atoms with van der Waals surface area (Å²) in [7, 11) is 0. The number of carbonyl (C=O) groups is 1. The molecule has 3 aromatic rings. The highest BCUT2D eigenvalue weighted by atomic mass is 16.5. The third kappa shape index (κ3) is 4.31. The van der Waals surface area contributed by atoms with Crippen LogP contribution in [0.2, 0.25) is 0 Å². The Morgan fingerprint density at radius 2 is 2.04 bits per heavy atom. The minimum absolute atomic E-state index is 0.106. The first-order chi connectivity index (χ1) is 13.7. The van der Waals surface area contributed by atoms with Gasteiger partial charge in [0.05, 0.1) is 17.2 Å². The number of nitrogens with one attached hydrogen (secondary N) is 1. The minimum atomic E-state index is -0.130. The molecule has 0 spiro atoms. The van der Waals surface area contributed by atoms with Gasteiger partial charge in [0.2, 0.25) is 5.88 Å². The molecule has 1 fully saturated rings. The molecular weight excluding hydrogens is 352 g/mol. The van der Waals surface area contributed by atoms with Crippen molar-refractivity contribution in [3.8, 4) is 5.88 Å². The lowest BCUT2D eigenvalue weighted by atomic mass is 10.1. The van der Waals surface area contributed by atoms with Gasteiger partial charge in [-0.15, -0.1) is 0 Å². The maximum Gasteiger partial charge on any atom is 0.252 e. The second kappa shape index (κ2) is 8.40. The number of para-hydroxylation sites is 1. The predicted molar refractivity (Wildman–Crippen MR) is 109 cm³/mol. The predicted octanol–water partition coefficient (Wildman–Crippen LogP) is 4.03. The summed E-state index contributed by atoms with van der Waals surface area (Å²) in [5.74, 6) is 0.316. The van der Waals surface area contributed by atoms with Crippen molar-refractivity contribution in [1.29, 1.82) is 0 Å². The molecule has 1 aromatic heterocycles. The number of fused-ring (bicyclic) bond motifs is 1. The van der Waals surface area contributed by atoms with E-state index < -0.39 is 0 Å². The van der Waals surface area contributed by atoms with E-state index in [1.54, 1.807) is 6.07 Å². The molecule has 0 radical (unpaired) electrons. The molecule has 1 amide bonds. The molecule has 2 aromatic carbocycles. The Morgan fingerprint density at radius 3 is 2.82 bits per heavy atom. The first kappa shape index (κ1) is 18.4. The number of ether oxygens (including phenoxy) is 2. The SMILES string of the molecule is Cc1ccc(COc2cc(C(=O)NC[C@H]3CCCO3)c3ccccc3n2)cc1. The Hall–Kier alpha value is -2.92. The van der Waals surface area contributed by atoms with Crippen LogP contribution in [0.5, 0.6) is 5.88 Å². The molecule has 28 heavy (non-hydrogen) atoms. The summed E-state index contributed by atoms with van der Waals surface area (Å²) in [5, 5.41) is 3.81. The van der Waals surface area contributed by atoms with Gasteiger partial charge in [-0.3, -0.25) is 4.79 Å². The Bertz CT molecular complexity index is 963. The van der Waals surface area contributed by atoms with Gasteiger partial charge in [-0.2, -0.15) is 0 Å². The summed E-state index contributed by atoms with van der Waals surface area (Å²) in [4.78, 5) is 17.4. The molecule has 1 aliphatic heterocycles. The number of rotatable bonds is 6. The summed E-state index contributed by atoms with van der Waals surface area (Å²) in [5.41, 5.74) is 3.58. The highest BCUT2D eigenvalue weighted by Gasteiger charge is 2.18. The molecule has 4 rings (SSSR count). The highest BCUT2D eigenvalue weighted by molar-refractivity contribution is 6.06. The second-order valence-corrected chi connectivity index (χ2v) is 7.14. The van der Waals surface area contributed by atoms with Crippen molar-refractivity contribution in [1.82, 2.24) is 10.3 Å². The fourth-order valence-corrected chi connectivity index (χ4v) is 3.36. The smallest absolute Gasteiger partial charge is 0.252 e. The Labute approximate surface area is 164 Å². The van der Waals surface area contributed by atoms with Crippen LogP contribution in [0, 0.1) is 6.92 Å². The van der Waals surface area contributed by atoms with Crippen LogP contribution < -0.4 is 10.1 Å². The molecule has 5 heteroatoms. The third-order valence-corrected chi connectivity index (χ3v) is 4.96. The van der Waals surface area contributed by atoms with E-state index in [0.29, 0.717) is 24.6 Å². The molecule has 0 saturated carbocycles. The van der Waals surface area contributed by atoms with Gasteiger partial charge < -0.3 is 14.8 Å². The summed E-state index contributed by atoms with van der Waals surface area (Å²) in [6.07, 6.45) is 2.15. The van der Waals surface area contributed by atoms with Gasteiger partial charge in [-0.25, -0.2) is 4.98 Å². The summed E-state index contributed by atoms with van der Waals surface area (Å²) >= 11 is 0. The minimum Gasteiger partial charge on any atom is -0.473 e. The van der Waals surface area contributed by atoms with Crippen molar-refractivity contribution < 1.29 is 14.3 Å². The Morgan fingerprint density at radius 1 is 1.21 bits per heavy atom. The van der Waals surface area contributed by atoms with Crippen molar-refractivity contribution in [3.63, 3.8) is 0 Å². The van der Waals surface area contributed by atoms with Crippen LogP contribution in [0.25, 0.3) is 10.9 Å². The van der Waals surface area contributed by atoms with Gasteiger partial charge in [0.1, 0.15) is 6.61 Å². The highest BCUT2D eigenvalue weighted by Crippen LogP contribution is 2.23. The van der Waals surface area contributed by atoms with Gasteiger partial charge in [0.15, 0.2) is 0 Å². The van der Waals surface area contributed by atoms with E-state index in [-0.39, 0.29) is 12.0 Å². The lowest BCUT2D eigenvalue weighted by Crippen LogP contribution is -2.31. The first-order valence-electron chi connectivity index (χ1n) is 9.67. The molecule has 1 saturated heterocycles. The van der Waals surface area contributed by atoms with Gasteiger partial charge >= 0.3 is 0 Å². The van der Waals surface area contributed by atoms with Gasteiger partial charge in [0.25, 0.3) is 5.91 Å². The standard InChI is InChI=1S/C23H24N2O3/c1-16-8-10-17(11-9-16)15-28-22-13-20(19-6-2-3-7-21(19)25-22)23(26)24-14-18-5-4-12-27-18/h2-3,6-11,13,18H,4-5,12,14-15H2,1H3,(H,24,26)/t18-/m1/s1. The zero-order chi connectivity index (χ0) is 19.3. The van der Waals surface area contributed by atoms with Crippen LogP contribution in [0.15, 0.2) is 54.6 Å². The molecule has 0 bridgehead atoms. The molecule has 2 heterocycles. The van der Waals surface area contributed by atoms with E-state index >= 15 is 0 Å². The van der Waals surface area contributed by atoms with Crippen molar-refractivity contribution in [2.45, 2.75) is 32.5 Å². The van der Waals surface area contributed by atoms with E-state index in [1.807, 2.05) is 36.4 Å². The van der Waals surface area contributed by atoms with E-state index in [4.69, 9.17) is 9.47 Å². The monoisotopic (exact) mass is 376 g/mol. The molecule has 1 atom stereocenters.